The first-order valence-corrected chi connectivity index (χ1v) is 16.8. The monoisotopic (exact) mass is 756 g/mol. The molecule has 0 aliphatic carbocycles. The van der Waals surface area contributed by atoms with E-state index in [2.05, 4.69) is 0 Å². The SMILES string of the molecule is COc1cc(/C=C/C(=O)Oc2ccc(/C=C\c3cc(OC(=O)/C=C/c4ccc(O)c(OC)c4)cc(OC(=O)/C=C/c4ccc(O)c(OC)c4)c3)cc2)ccc1O. The van der Waals surface area contributed by atoms with Gasteiger partial charge in [-0.1, -0.05) is 42.5 Å². The van der Waals surface area contributed by atoms with E-state index in [4.69, 9.17) is 28.4 Å². The van der Waals surface area contributed by atoms with E-state index in [9.17, 15) is 29.7 Å². The Hall–Kier alpha value is -7.73. The third kappa shape index (κ3) is 11.4. The lowest BCUT2D eigenvalue weighted by molar-refractivity contribution is -0.130. The maximum atomic E-state index is 12.8. The molecule has 0 unspecified atom stereocenters. The number of methoxy groups -OCH3 is 3. The van der Waals surface area contributed by atoms with Crippen LogP contribution in [-0.2, 0) is 14.4 Å². The molecule has 0 atom stereocenters. The molecule has 0 aliphatic rings. The largest absolute Gasteiger partial charge is 0.504 e. The topological polar surface area (TPSA) is 167 Å². The summed E-state index contributed by atoms with van der Waals surface area (Å²) in [5.74, 6) is -0.941. The first-order chi connectivity index (χ1) is 27.0. The Morgan fingerprint density at radius 3 is 1.11 bits per heavy atom. The van der Waals surface area contributed by atoms with Crippen molar-refractivity contribution < 1.29 is 58.1 Å². The lowest BCUT2D eigenvalue weighted by Crippen LogP contribution is -2.06. The molecule has 5 aromatic rings. The van der Waals surface area contributed by atoms with Crippen molar-refractivity contribution in [2.45, 2.75) is 0 Å². The molecule has 5 aromatic carbocycles. The van der Waals surface area contributed by atoms with E-state index < -0.39 is 17.9 Å². The minimum Gasteiger partial charge on any atom is -0.504 e. The van der Waals surface area contributed by atoms with Crippen LogP contribution < -0.4 is 28.4 Å². The van der Waals surface area contributed by atoms with Crippen molar-refractivity contribution in [3.63, 3.8) is 0 Å². The summed E-state index contributed by atoms with van der Waals surface area (Å²) in [5.41, 5.74) is 3.04. The number of ether oxygens (including phenoxy) is 6. The molecule has 3 N–H and O–H groups in total. The molecule has 0 spiro atoms. The van der Waals surface area contributed by atoms with Gasteiger partial charge in [0.2, 0.25) is 0 Å². The highest BCUT2D eigenvalue weighted by molar-refractivity contribution is 5.91. The summed E-state index contributed by atoms with van der Waals surface area (Å²) in [4.78, 5) is 38.0. The Balaban J connectivity index is 1.30. The predicted molar refractivity (Wildman–Crippen MR) is 210 cm³/mol. The Morgan fingerprint density at radius 1 is 0.393 bits per heavy atom. The smallest absolute Gasteiger partial charge is 0.336 e. The summed E-state index contributed by atoms with van der Waals surface area (Å²) < 4.78 is 31.8. The Labute approximate surface area is 322 Å². The number of hydrogen-bond donors (Lipinski definition) is 3. The van der Waals surface area contributed by atoms with E-state index in [1.807, 2.05) is 0 Å². The van der Waals surface area contributed by atoms with Crippen LogP contribution >= 0.6 is 0 Å². The number of phenols is 3. The molecular weight excluding hydrogens is 720 g/mol. The van der Waals surface area contributed by atoms with Crippen LogP contribution in [0.15, 0.2) is 115 Å². The third-order valence-corrected chi connectivity index (χ3v) is 7.75. The van der Waals surface area contributed by atoms with Crippen LogP contribution in [0.3, 0.4) is 0 Å². The molecule has 0 aliphatic heterocycles. The van der Waals surface area contributed by atoms with Crippen LogP contribution in [0.2, 0.25) is 0 Å². The molecule has 0 saturated heterocycles. The van der Waals surface area contributed by atoms with Crippen molar-refractivity contribution in [1.29, 1.82) is 0 Å². The number of carbonyl (C=O) groups is 3. The lowest BCUT2D eigenvalue weighted by Gasteiger charge is -2.08. The summed E-state index contributed by atoms with van der Waals surface area (Å²) in [6, 6.07) is 25.0. The van der Waals surface area contributed by atoms with Gasteiger partial charge in [-0.2, -0.15) is 0 Å². The zero-order valence-corrected chi connectivity index (χ0v) is 30.4. The van der Waals surface area contributed by atoms with Crippen LogP contribution in [0.5, 0.6) is 51.7 Å². The summed E-state index contributed by atoms with van der Waals surface area (Å²) in [6.45, 7) is 0. The molecule has 12 heteroatoms. The van der Waals surface area contributed by atoms with E-state index >= 15 is 0 Å². The third-order valence-electron chi connectivity index (χ3n) is 7.75. The number of hydrogen-bond acceptors (Lipinski definition) is 12. The number of benzene rings is 5. The molecule has 0 amide bonds. The van der Waals surface area contributed by atoms with Crippen LogP contribution in [0.25, 0.3) is 30.4 Å². The molecule has 5 rings (SSSR count). The normalized spacial score (nSPS) is 11.3. The number of aromatic hydroxyl groups is 3. The van der Waals surface area contributed by atoms with Crippen LogP contribution in [0, 0.1) is 0 Å². The fourth-order valence-electron chi connectivity index (χ4n) is 4.98. The van der Waals surface area contributed by atoms with Gasteiger partial charge in [0.15, 0.2) is 34.5 Å². The van der Waals surface area contributed by atoms with Gasteiger partial charge in [0.05, 0.1) is 21.3 Å². The molecule has 0 saturated carbocycles. The van der Waals surface area contributed by atoms with E-state index in [-0.39, 0.29) is 46.0 Å². The fraction of sp³-hybridized carbons (Fsp3) is 0.0682. The van der Waals surface area contributed by atoms with Gasteiger partial charge in [-0.05, 0) is 107 Å². The molecule has 284 valence electrons. The van der Waals surface area contributed by atoms with Crippen molar-refractivity contribution in [3.05, 3.63) is 143 Å². The van der Waals surface area contributed by atoms with E-state index in [0.717, 1.165) is 5.56 Å². The average Bonchev–Trinajstić information content (AvgIpc) is 3.19. The first-order valence-electron chi connectivity index (χ1n) is 16.8. The maximum Gasteiger partial charge on any atom is 0.336 e. The van der Waals surface area contributed by atoms with Crippen LogP contribution in [0.4, 0.5) is 0 Å². The molecule has 0 fully saturated rings. The second-order valence-corrected chi connectivity index (χ2v) is 11.7. The van der Waals surface area contributed by atoms with Gasteiger partial charge in [-0.15, -0.1) is 0 Å². The number of rotatable bonds is 14. The van der Waals surface area contributed by atoms with Gasteiger partial charge < -0.3 is 43.7 Å². The lowest BCUT2D eigenvalue weighted by atomic mass is 10.1. The van der Waals surface area contributed by atoms with Crippen LogP contribution in [-0.4, -0.2) is 54.6 Å². The van der Waals surface area contributed by atoms with Gasteiger partial charge in [0.1, 0.15) is 17.2 Å². The molecule has 12 nitrogen and oxygen atoms in total. The van der Waals surface area contributed by atoms with Crippen molar-refractivity contribution in [2.75, 3.05) is 21.3 Å². The van der Waals surface area contributed by atoms with Crippen molar-refractivity contribution >= 4 is 48.3 Å². The van der Waals surface area contributed by atoms with Gasteiger partial charge >= 0.3 is 17.9 Å². The molecule has 0 aromatic heterocycles. The summed E-state index contributed by atoms with van der Waals surface area (Å²) >= 11 is 0. The fourth-order valence-corrected chi connectivity index (χ4v) is 4.98. The predicted octanol–water partition coefficient (Wildman–Crippen LogP) is 7.86. The average molecular weight is 757 g/mol. The molecule has 0 radical (unpaired) electrons. The standard InChI is InChI=1S/C44H36O12/c1-51-39-24-29(8-16-36(39)45)11-19-42(48)54-33-14-6-28(7-15-33)4-5-32-22-34(55-43(49)20-12-30-9-17-37(46)40(25-30)52-2)27-35(23-32)56-44(50)21-13-31-10-18-38(47)41(26-31)53-3/h4-27,45-47H,1-3H3/b5-4-,19-11+,20-12+,21-13+. The second kappa shape index (κ2) is 18.9. The number of phenolic OH excluding ortho intramolecular Hbond substituents is 3. The highest BCUT2D eigenvalue weighted by Crippen LogP contribution is 2.30. The summed E-state index contributed by atoms with van der Waals surface area (Å²) in [7, 11) is 4.25. The van der Waals surface area contributed by atoms with E-state index in [0.29, 0.717) is 28.0 Å². The minimum absolute atomic E-state index is 0.0172. The van der Waals surface area contributed by atoms with E-state index in [1.54, 1.807) is 84.9 Å². The molecular formula is C44H36O12. The quantitative estimate of drug-likeness (QED) is 0.0435. The van der Waals surface area contributed by atoms with Gasteiger partial charge in [0, 0.05) is 24.3 Å². The minimum atomic E-state index is -0.723. The van der Waals surface area contributed by atoms with Crippen molar-refractivity contribution in [2.24, 2.45) is 0 Å². The zero-order valence-electron chi connectivity index (χ0n) is 30.4. The summed E-state index contributed by atoms with van der Waals surface area (Å²) in [6.07, 6.45) is 11.6. The molecule has 56 heavy (non-hydrogen) atoms. The zero-order chi connectivity index (χ0) is 40.0. The summed E-state index contributed by atoms with van der Waals surface area (Å²) in [5, 5.41) is 29.4. The van der Waals surface area contributed by atoms with Gasteiger partial charge in [-0.25, -0.2) is 14.4 Å². The first kappa shape index (κ1) is 39.5. The van der Waals surface area contributed by atoms with Gasteiger partial charge in [-0.3, -0.25) is 0 Å². The highest BCUT2D eigenvalue weighted by Gasteiger charge is 2.10. The second-order valence-electron chi connectivity index (χ2n) is 11.7. The highest BCUT2D eigenvalue weighted by atomic mass is 16.5. The Kier molecular flexibility index (Phi) is 13.3. The van der Waals surface area contributed by atoms with Crippen molar-refractivity contribution in [1.82, 2.24) is 0 Å². The number of esters is 3. The van der Waals surface area contributed by atoms with E-state index in [1.165, 1.54) is 82.1 Å². The van der Waals surface area contributed by atoms with Crippen LogP contribution in [0.1, 0.15) is 27.8 Å². The number of carbonyl (C=O) groups excluding carboxylic acids is 3. The maximum absolute atomic E-state index is 12.8. The Morgan fingerprint density at radius 2 is 0.732 bits per heavy atom. The van der Waals surface area contributed by atoms with Gasteiger partial charge in [0.25, 0.3) is 0 Å². The van der Waals surface area contributed by atoms with Crippen molar-refractivity contribution in [3.8, 4) is 51.7 Å². The molecule has 0 heterocycles. The molecule has 0 bridgehead atoms. The Bertz CT molecular complexity index is 2240.